The molecular formula is C8H15Br. The molecule has 0 aromatic rings. The van der Waals surface area contributed by atoms with Crippen LogP contribution in [0.2, 0.25) is 0 Å². The van der Waals surface area contributed by atoms with Crippen molar-refractivity contribution in [1.29, 1.82) is 0 Å². The molecule has 0 aliphatic rings. The monoisotopic (exact) mass is 190 g/mol. The molecule has 0 spiro atoms. The summed E-state index contributed by atoms with van der Waals surface area (Å²) >= 11 is 3.37. The summed E-state index contributed by atoms with van der Waals surface area (Å²) in [5.74, 6) is 0. The number of rotatable bonds is 4. The van der Waals surface area contributed by atoms with Gasteiger partial charge >= 0.3 is 0 Å². The van der Waals surface area contributed by atoms with Crippen LogP contribution in [0.15, 0.2) is 11.6 Å². The minimum atomic E-state index is 1.00. The Balaban J connectivity index is 3.25. The summed E-state index contributed by atoms with van der Waals surface area (Å²) in [6, 6.07) is 0. The van der Waals surface area contributed by atoms with Crippen LogP contribution in [0.5, 0.6) is 0 Å². The molecule has 0 bridgehead atoms. The normalized spacial score (nSPS) is 12.1. The van der Waals surface area contributed by atoms with Crippen molar-refractivity contribution in [3.63, 3.8) is 0 Å². The maximum absolute atomic E-state index is 3.37. The van der Waals surface area contributed by atoms with Crippen LogP contribution in [0, 0.1) is 0 Å². The summed E-state index contributed by atoms with van der Waals surface area (Å²) in [6.07, 6.45) is 6.13. The Bertz CT molecular complexity index is 84.6. The predicted molar refractivity (Wildman–Crippen MR) is 47.1 cm³/mol. The second-order valence-electron chi connectivity index (χ2n) is 2.31. The zero-order valence-electron chi connectivity index (χ0n) is 6.28. The van der Waals surface area contributed by atoms with Gasteiger partial charge in [0, 0.05) is 5.33 Å². The molecule has 0 nitrogen and oxygen atoms in total. The average Bonchev–Trinajstić information content (AvgIpc) is 1.85. The van der Waals surface area contributed by atoms with Crippen LogP contribution in [-0.4, -0.2) is 5.33 Å². The average molecular weight is 191 g/mol. The van der Waals surface area contributed by atoms with Crippen LogP contribution in [0.3, 0.4) is 0 Å². The third-order valence-corrected chi connectivity index (χ3v) is 1.67. The zero-order valence-corrected chi connectivity index (χ0v) is 7.87. The lowest BCUT2D eigenvalue weighted by molar-refractivity contribution is 0.786. The largest absolute Gasteiger partial charge is 0.0883 e. The van der Waals surface area contributed by atoms with Crippen molar-refractivity contribution in [3.8, 4) is 0 Å². The Morgan fingerprint density at radius 2 is 2.22 bits per heavy atom. The van der Waals surface area contributed by atoms with Crippen LogP contribution < -0.4 is 0 Å². The minimum Gasteiger partial charge on any atom is -0.0883 e. The summed E-state index contributed by atoms with van der Waals surface area (Å²) in [7, 11) is 0. The number of alkyl halides is 1. The molecule has 0 heterocycles. The quantitative estimate of drug-likeness (QED) is 0.471. The summed E-state index contributed by atoms with van der Waals surface area (Å²) < 4.78 is 0. The van der Waals surface area contributed by atoms with Crippen LogP contribution in [0.4, 0.5) is 0 Å². The third-order valence-electron chi connectivity index (χ3n) is 1.35. The van der Waals surface area contributed by atoms with Gasteiger partial charge in [0.15, 0.2) is 0 Å². The van der Waals surface area contributed by atoms with E-state index < -0.39 is 0 Å². The molecule has 0 rings (SSSR count). The molecule has 0 aliphatic heterocycles. The summed E-state index contributed by atoms with van der Waals surface area (Å²) in [4.78, 5) is 0. The number of allylic oxidation sites excluding steroid dienone is 2. The Morgan fingerprint density at radius 3 is 2.67 bits per heavy atom. The molecule has 0 aliphatic carbocycles. The van der Waals surface area contributed by atoms with Crippen LogP contribution >= 0.6 is 15.9 Å². The first-order chi connectivity index (χ1) is 4.31. The van der Waals surface area contributed by atoms with Crippen molar-refractivity contribution in [2.24, 2.45) is 0 Å². The van der Waals surface area contributed by atoms with Gasteiger partial charge in [-0.05, 0) is 19.8 Å². The fourth-order valence-electron chi connectivity index (χ4n) is 0.689. The first-order valence-electron chi connectivity index (χ1n) is 3.52. The summed E-state index contributed by atoms with van der Waals surface area (Å²) in [5, 5.41) is 1.00. The van der Waals surface area contributed by atoms with E-state index in [1.165, 1.54) is 24.8 Å². The smallest absolute Gasteiger partial charge is 0.0214 e. The van der Waals surface area contributed by atoms with Gasteiger partial charge in [-0.3, -0.25) is 0 Å². The number of hydrogen-bond donors (Lipinski definition) is 0. The van der Waals surface area contributed by atoms with Crippen molar-refractivity contribution in [2.75, 3.05) is 5.33 Å². The fraction of sp³-hybridized carbons (Fsp3) is 0.750. The van der Waals surface area contributed by atoms with E-state index in [1.807, 2.05) is 0 Å². The standard InChI is InChI=1S/C8H15Br/c1-3-4-5-8(2)6-7-9/h6H,3-5,7H2,1-2H3. The highest BCUT2D eigenvalue weighted by atomic mass is 79.9. The van der Waals surface area contributed by atoms with Crippen molar-refractivity contribution in [2.45, 2.75) is 33.1 Å². The van der Waals surface area contributed by atoms with E-state index in [1.54, 1.807) is 0 Å². The van der Waals surface area contributed by atoms with E-state index in [2.05, 4.69) is 35.9 Å². The molecule has 0 aromatic heterocycles. The lowest BCUT2D eigenvalue weighted by Gasteiger charge is -1.95. The maximum atomic E-state index is 3.37. The van der Waals surface area contributed by atoms with Gasteiger partial charge in [-0.2, -0.15) is 0 Å². The second kappa shape index (κ2) is 6.34. The fourth-order valence-corrected chi connectivity index (χ4v) is 1.24. The molecule has 0 atom stereocenters. The van der Waals surface area contributed by atoms with E-state index in [0.29, 0.717) is 0 Å². The van der Waals surface area contributed by atoms with Crippen molar-refractivity contribution in [1.82, 2.24) is 0 Å². The molecule has 0 radical (unpaired) electrons. The SMILES string of the molecule is CCCCC(C)=CCBr. The van der Waals surface area contributed by atoms with Gasteiger partial charge < -0.3 is 0 Å². The molecule has 9 heavy (non-hydrogen) atoms. The van der Waals surface area contributed by atoms with E-state index in [-0.39, 0.29) is 0 Å². The lowest BCUT2D eigenvalue weighted by Crippen LogP contribution is -1.77. The molecule has 0 aromatic carbocycles. The summed E-state index contributed by atoms with van der Waals surface area (Å²) in [5.41, 5.74) is 1.51. The van der Waals surface area contributed by atoms with Gasteiger partial charge in [-0.25, -0.2) is 0 Å². The molecule has 1 heteroatoms. The molecule has 54 valence electrons. The van der Waals surface area contributed by atoms with Gasteiger partial charge in [0.25, 0.3) is 0 Å². The highest BCUT2D eigenvalue weighted by molar-refractivity contribution is 9.09. The van der Waals surface area contributed by atoms with Crippen LogP contribution in [0.1, 0.15) is 33.1 Å². The van der Waals surface area contributed by atoms with Crippen LogP contribution in [0.25, 0.3) is 0 Å². The molecule has 0 saturated carbocycles. The molecule has 0 N–H and O–H groups in total. The van der Waals surface area contributed by atoms with Crippen molar-refractivity contribution < 1.29 is 0 Å². The first-order valence-corrected chi connectivity index (χ1v) is 4.65. The van der Waals surface area contributed by atoms with E-state index in [9.17, 15) is 0 Å². The van der Waals surface area contributed by atoms with E-state index in [0.717, 1.165) is 5.33 Å². The second-order valence-corrected chi connectivity index (χ2v) is 2.96. The Hall–Kier alpha value is 0.220. The Labute approximate surface area is 66.5 Å². The van der Waals surface area contributed by atoms with E-state index in [4.69, 9.17) is 0 Å². The molecule has 0 unspecified atom stereocenters. The zero-order chi connectivity index (χ0) is 7.11. The maximum Gasteiger partial charge on any atom is 0.0214 e. The number of hydrogen-bond acceptors (Lipinski definition) is 0. The van der Waals surface area contributed by atoms with Gasteiger partial charge in [-0.15, -0.1) is 0 Å². The third kappa shape index (κ3) is 6.10. The van der Waals surface area contributed by atoms with Crippen molar-refractivity contribution in [3.05, 3.63) is 11.6 Å². The lowest BCUT2D eigenvalue weighted by atomic mass is 10.1. The number of unbranched alkanes of at least 4 members (excludes halogenated alkanes) is 1. The summed E-state index contributed by atoms with van der Waals surface area (Å²) in [6.45, 7) is 4.42. The van der Waals surface area contributed by atoms with Crippen LogP contribution in [-0.2, 0) is 0 Å². The predicted octanol–water partition coefficient (Wildman–Crippen LogP) is 3.52. The topological polar surface area (TPSA) is 0 Å². The molecule has 0 fully saturated rings. The van der Waals surface area contributed by atoms with Crippen molar-refractivity contribution >= 4 is 15.9 Å². The highest BCUT2D eigenvalue weighted by Gasteiger charge is 1.85. The highest BCUT2D eigenvalue weighted by Crippen LogP contribution is 2.05. The first kappa shape index (κ1) is 9.22. The molecule has 0 saturated heterocycles. The minimum absolute atomic E-state index is 1.00. The number of halogens is 1. The molecule has 0 amide bonds. The Kier molecular flexibility index (Phi) is 6.50. The Morgan fingerprint density at radius 1 is 1.56 bits per heavy atom. The van der Waals surface area contributed by atoms with Gasteiger partial charge in [0.2, 0.25) is 0 Å². The van der Waals surface area contributed by atoms with Gasteiger partial charge in [0.1, 0.15) is 0 Å². The van der Waals surface area contributed by atoms with E-state index >= 15 is 0 Å². The van der Waals surface area contributed by atoms with Gasteiger partial charge in [-0.1, -0.05) is 40.9 Å². The van der Waals surface area contributed by atoms with Gasteiger partial charge in [0.05, 0.1) is 0 Å². The molecular weight excluding hydrogens is 176 g/mol.